The highest BCUT2D eigenvalue weighted by molar-refractivity contribution is 7.14. The second-order valence-corrected chi connectivity index (χ2v) is 6.96. The third-order valence-corrected chi connectivity index (χ3v) is 4.67. The van der Waals surface area contributed by atoms with Crippen molar-refractivity contribution < 1.29 is 14.3 Å². The molecule has 0 bridgehead atoms. The fraction of sp³-hybridized carbons (Fsp3) is 0.238. The van der Waals surface area contributed by atoms with E-state index < -0.39 is 0 Å². The smallest absolute Gasteiger partial charge is 0.264 e. The molecule has 0 unspecified atom stereocenters. The van der Waals surface area contributed by atoms with Gasteiger partial charge in [-0.3, -0.25) is 10.1 Å². The van der Waals surface area contributed by atoms with Crippen LogP contribution in [0.25, 0.3) is 11.3 Å². The molecule has 0 aliphatic heterocycles. The molecule has 1 N–H and O–H groups in total. The third-order valence-electron chi connectivity index (χ3n) is 3.91. The quantitative estimate of drug-likeness (QED) is 0.635. The topological polar surface area (TPSA) is 60.5 Å². The fourth-order valence-electron chi connectivity index (χ4n) is 2.51. The molecule has 0 aliphatic carbocycles. The van der Waals surface area contributed by atoms with Crippen molar-refractivity contribution in [1.29, 1.82) is 0 Å². The Hall–Kier alpha value is -2.86. The molecule has 0 saturated carbocycles. The Morgan fingerprint density at radius 2 is 1.89 bits per heavy atom. The monoisotopic (exact) mass is 382 g/mol. The van der Waals surface area contributed by atoms with Crippen LogP contribution in [0, 0.1) is 13.8 Å². The first kappa shape index (κ1) is 18.9. The summed E-state index contributed by atoms with van der Waals surface area (Å²) in [7, 11) is 0. The first-order chi connectivity index (χ1) is 13.0. The van der Waals surface area contributed by atoms with Gasteiger partial charge in [0.1, 0.15) is 11.5 Å². The maximum atomic E-state index is 12.2. The number of thiazole rings is 1. The molecule has 140 valence electrons. The molecule has 0 radical (unpaired) electrons. The van der Waals surface area contributed by atoms with E-state index in [1.54, 1.807) is 0 Å². The summed E-state index contributed by atoms with van der Waals surface area (Å²) in [4.78, 5) is 16.6. The number of benzene rings is 2. The zero-order valence-electron chi connectivity index (χ0n) is 15.6. The van der Waals surface area contributed by atoms with Crippen molar-refractivity contribution in [2.75, 3.05) is 18.5 Å². The number of ether oxygens (including phenoxy) is 2. The lowest BCUT2D eigenvalue weighted by molar-refractivity contribution is -0.118. The molecule has 3 aromatic rings. The van der Waals surface area contributed by atoms with Gasteiger partial charge >= 0.3 is 0 Å². The molecule has 0 spiro atoms. The number of nitrogens with zero attached hydrogens (tertiary/aromatic N) is 1. The summed E-state index contributed by atoms with van der Waals surface area (Å²) in [6.45, 7) is 6.48. The lowest BCUT2D eigenvalue weighted by atomic mass is 10.1. The van der Waals surface area contributed by atoms with E-state index in [1.807, 2.05) is 68.6 Å². The van der Waals surface area contributed by atoms with Gasteiger partial charge in [-0.25, -0.2) is 4.98 Å². The zero-order chi connectivity index (χ0) is 19.2. The number of carbonyl (C=O) groups excluding carboxylic acids is 1. The Kier molecular flexibility index (Phi) is 6.08. The van der Waals surface area contributed by atoms with E-state index in [-0.39, 0.29) is 12.5 Å². The van der Waals surface area contributed by atoms with Gasteiger partial charge in [-0.1, -0.05) is 12.1 Å². The van der Waals surface area contributed by atoms with E-state index in [2.05, 4.69) is 10.3 Å². The lowest BCUT2D eigenvalue weighted by Crippen LogP contribution is -2.20. The predicted octanol–water partition coefficient (Wildman–Crippen LogP) is 4.84. The Bertz CT molecular complexity index is 919. The normalized spacial score (nSPS) is 10.5. The van der Waals surface area contributed by atoms with Gasteiger partial charge in [0, 0.05) is 10.9 Å². The maximum absolute atomic E-state index is 12.2. The summed E-state index contributed by atoms with van der Waals surface area (Å²) in [6, 6.07) is 13.6. The SMILES string of the molecule is CCOc1ccc(-c2csc(NC(=O)COc3cc(C)ccc3C)n2)cc1. The summed E-state index contributed by atoms with van der Waals surface area (Å²) in [6.07, 6.45) is 0. The number of rotatable bonds is 7. The Morgan fingerprint density at radius 1 is 1.11 bits per heavy atom. The second kappa shape index (κ2) is 8.68. The summed E-state index contributed by atoms with van der Waals surface area (Å²) in [5.41, 5.74) is 3.88. The van der Waals surface area contributed by atoms with Gasteiger partial charge in [0.05, 0.1) is 12.3 Å². The molecule has 1 heterocycles. The van der Waals surface area contributed by atoms with E-state index in [4.69, 9.17) is 9.47 Å². The minimum absolute atomic E-state index is 0.0533. The number of hydrogen-bond acceptors (Lipinski definition) is 5. The summed E-state index contributed by atoms with van der Waals surface area (Å²) in [5, 5.41) is 5.25. The van der Waals surface area contributed by atoms with Crippen molar-refractivity contribution in [3.63, 3.8) is 0 Å². The number of hydrogen-bond donors (Lipinski definition) is 1. The van der Waals surface area contributed by atoms with Crippen LogP contribution in [0.2, 0.25) is 0 Å². The molecule has 1 amide bonds. The van der Waals surface area contributed by atoms with E-state index in [1.165, 1.54) is 11.3 Å². The molecule has 0 atom stereocenters. The fourth-order valence-corrected chi connectivity index (χ4v) is 3.25. The predicted molar refractivity (Wildman–Crippen MR) is 109 cm³/mol. The summed E-state index contributed by atoms with van der Waals surface area (Å²) in [5.74, 6) is 1.32. The molecule has 5 nitrogen and oxygen atoms in total. The average molecular weight is 382 g/mol. The van der Waals surface area contributed by atoms with Crippen molar-refractivity contribution in [2.24, 2.45) is 0 Å². The first-order valence-corrected chi connectivity index (χ1v) is 9.62. The number of carbonyl (C=O) groups is 1. The van der Waals surface area contributed by atoms with Crippen LogP contribution in [0.1, 0.15) is 18.1 Å². The van der Waals surface area contributed by atoms with Gasteiger partial charge in [0.2, 0.25) is 0 Å². The van der Waals surface area contributed by atoms with Crippen molar-refractivity contribution in [2.45, 2.75) is 20.8 Å². The molecule has 3 rings (SSSR count). The van der Waals surface area contributed by atoms with Crippen molar-refractivity contribution >= 4 is 22.4 Å². The van der Waals surface area contributed by atoms with Crippen LogP contribution in [0.3, 0.4) is 0 Å². The Morgan fingerprint density at radius 3 is 2.63 bits per heavy atom. The van der Waals surface area contributed by atoms with E-state index in [0.717, 1.165) is 33.9 Å². The summed E-state index contributed by atoms with van der Waals surface area (Å²) < 4.78 is 11.1. The molecule has 0 aliphatic rings. The number of aromatic nitrogens is 1. The zero-order valence-corrected chi connectivity index (χ0v) is 16.4. The minimum atomic E-state index is -0.233. The van der Waals surface area contributed by atoms with Crippen LogP contribution in [-0.2, 0) is 4.79 Å². The largest absolute Gasteiger partial charge is 0.494 e. The minimum Gasteiger partial charge on any atom is -0.494 e. The van der Waals surface area contributed by atoms with Crippen LogP contribution in [0.5, 0.6) is 11.5 Å². The summed E-state index contributed by atoms with van der Waals surface area (Å²) >= 11 is 1.38. The number of amides is 1. The Labute approximate surface area is 163 Å². The van der Waals surface area contributed by atoms with Crippen LogP contribution in [-0.4, -0.2) is 24.1 Å². The van der Waals surface area contributed by atoms with Crippen molar-refractivity contribution in [3.8, 4) is 22.8 Å². The number of aryl methyl sites for hydroxylation is 2. The van der Waals surface area contributed by atoms with Gasteiger partial charge in [-0.15, -0.1) is 11.3 Å². The van der Waals surface area contributed by atoms with Crippen LogP contribution in [0.15, 0.2) is 47.8 Å². The van der Waals surface area contributed by atoms with Gasteiger partial charge in [0.25, 0.3) is 5.91 Å². The number of anilines is 1. The van der Waals surface area contributed by atoms with Gasteiger partial charge < -0.3 is 9.47 Å². The lowest BCUT2D eigenvalue weighted by Gasteiger charge is -2.09. The molecule has 0 saturated heterocycles. The highest BCUT2D eigenvalue weighted by atomic mass is 32.1. The molecule has 27 heavy (non-hydrogen) atoms. The average Bonchev–Trinajstić information content (AvgIpc) is 3.12. The molecule has 0 fully saturated rings. The highest BCUT2D eigenvalue weighted by Gasteiger charge is 2.10. The highest BCUT2D eigenvalue weighted by Crippen LogP contribution is 2.26. The number of nitrogens with one attached hydrogen (secondary N) is 1. The third kappa shape index (κ3) is 5.08. The first-order valence-electron chi connectivity index (χ1n) is 8.74. The maximum Gasteiger partial charge on any atom is 0.264 e. The van der Waals surface area contributed by atoms with Gasteiger partial charge in [-0.2, -0.15) is 0 Å². The standard InChI is InChI=1S/C21H22N2O3S/c1-4-25-17-9-7-16(8-10-17)18-13-27-21(22-18)23-20(24)12-26-19-11-14(2)5-6-15(19)3/h5-11,13H,4,12H2,1-3H3,(H,22,23,24). The van der Waals surface area contributed by atoms with Crippen molar-refractivity contribution in [3.05, 3.63) is 59.0 Å². The van der Waals surface area contributed by atoms with Crippen LogP contribution in [0.4, 0.5) is 5.13 Å². The van der Waals surface area contributed by atoms with E-state index in [0.29, 0.717) is 11.7 Å². The van der Waals surface area contributed by atoms with Crippen LogP contribution < -0.4 is 14.8 Å². The van der Waals surface area contributed by atoms with Gasteiger partial charge in [0.15, 0.2) is 11.7 Å². The van der Waals surface area contributed by atoms with Gasteiger partial charge in [-0.05, 0) is 62.2 Å². The molecular formula is C21H22N2O3S. The second-order valence-electron chi connectivity index (χ2n) is 6.10. The van der Waals surface area contributed by atoms with Crippen LogP contribution >= 0.6 is 11.3 Å². The van der Waals surface area contributed by atoms with Crippen molar-refractivity contribution in [1.82, 2.24) is 4.98 Å². The Balaban J connectivity index is 1.58. The van der Waals surface area contributed by atoms with E-state index in [9.17, 15) is 4.79 Å². The van der Waals surface area contributed by atoms with E-state index >= 15 is 0 Å². The molecule has 1 aromatic heterocycles. The molecule has 6 heteroatoms. The molecular weight excluding hydrogens is 360 g/mol. The molecule has 2 aromatic carbocycles.